The summed E-state index contributed by atoms with van der Waals surface area (Å²) in [5.74, 6) is 1.40. The minimum Gasteiger partial charge on any atom is -0.484 e. The molecular weight excluding hydrogens is 254 g/mol. The Bertz CT molecular complexity index is 481. The molecule has 0 bridgehead atoms. The number of fused-ring (bicyclic) bond motifs is 1. The van der Waals surface area contributed by atoms with Crippen molar-refractivity contribution in [1.82, 2.24) is 4.98 Å². The van der Waals surface area contributed by atoms with Crippen LogP contribution in [0.1, 0.15) is 0 Å². The third kappa shape index (κ3) is 1.51. The van der Waals surface area contributed by atoms with Crippen LogP contribution in [-0.2, 0) is 0 Å². The Morgan fingerprint density at radius 1 is 1.27 bits per heavy atom. The van der Waals surface area contributed by atoms with Crippen LogP contribution >= 0.6 is 34.3 Å². The van der Waals surface area contributed by atoms with Crippen LogP contribution in [0.5, 0.6) is 11.5 Å². The fourth-order valence-electron chi connectivity index (χ4n) is 1.41. The van der Waals surface area contributed by atoms with Gasteiger partial charge in [0.05, 0.1) is 11.2 Å². The molecule has 0 radical (unpaired) electrons. The first kappa shape index (κ1) is 9.45. The molecule has 2 aromatic heterocycles. The van der Waals surface area contributed by atoms with E-state index in [1.807, 2.05) is 5.38 Å². The van der Waals surface area contributed by atoms with E-state index in [1.165, 1.54) is 11.3 Å². The number of hydrogen-bond acceptors (Lipinski definition) is 5. The number of hydrogen-bond donors (Lipinski definition) is 0. The van der Waals surface area contributed by atoms with Crippen LogP contribution in [0.25, 0.3) is 10.6 Å². The second-order valence-electron chi connectivity index (χ2n) is 2.93. The molecular formula is C9H6ClNO2S2. The summed E-state index contributed by atoms with van der Waals surface area (Å²) in [5, 5.41) is 1.97. The van der Waals surface area contributed by atoms with E-state index < -0.39 is 0 Å². The SMILES string of the molecule is Clc1sc(-c2cscn2)c2c1OCCO2. The summed E-state index contributed by atoms with van der Waals surface area (Å²) in [7, 11) is 0. The lowest BCUT2D eigenvalue weighted by atomic mass is 10.3. The molecule has 0 amide bonds. The zero-order valence-corrected chi connectivity index (χ0v) is 9.92. The Morgan fingerprint density at radius 3 is 2.80 bits per heavy atom. The molecule has 0 fully saturated rings. The molecule has 0 atom stereocenters. The van der Waals surface area contributed by atoms with E-state index in [0.717, 1.165) is 16.3 Å². The van der Waals surface area contributed by atoms with E-state index in [0.29, 0.717) is 23.3 Å². The van der Waals surface area contributed by atoms with Gasteiger partial charge in [0.15, 0.2) is 11.5 Å². The number of thiophene rings is 1. The third-order valence-electron chi connectivity index (χ3n) is 2.02. The summed E-state index contributed by atoms with van der Waals surface area (Å²) >= 11 is 9.07. The van der Waals surface area contributed by atoms with Gasteiger partial charge in [-0.25, -0.2) is 4.98 Å². The van der Waals surface area contributed by atoms with Crippen molar-refractivity contribution in [3.05, 3.63) is 15.2 Å². The molecule has 1 aliphatic rings. The molecule has 1 aliphatic heterocycles. The lowest BCUT2D eigenvalue weighted by Gasteiger charge is -2.15. The smallest absolute Gasteiger partial charge is 0.191 e. The zero-order chi connectivity index (χ0) is 10.3. The molecule has 3 nitrogen and oxygen atoms in total. The largest absolute Gasteiger partial charge is 0.484 e. The Labute approximate surface area is 99.2 Å². The normalized spacial score (nSPS) is 14.2. The van der Waals surface area contributed by atoms with E-state index in [9.17, 15) is 0 Å². The second-order valence-corrected chi connectivity index (χ2v) is 5.28. The van der Waals surface area contributed by atoms with Gasteiger partial charge in [-0.3, -0.25) is 0 Å². The minimum atomic E-state index is 0.556. The maximum Gasteiger partial charge on any atom is 0.191 e. The van der Waals surface area contributed by atoms with E-state index >= 15 is 0 Å². The van der Waals surface area contributed by atoms with Crippen molar-refractivity contribution in [1.29, 1.82) is 0 Å². The van der Waals surface area contributed by atoms with Crippen LogP contribution in [0, 0.1) is 0 Å². The summed E-state index contributed by atoms with van der Waals surface area (Å²) in [4.78, 5) is 5.20. The lowest BCUT2D eigenvalue weighted by Crippen LogP contribution is -2.14. The van der Waals surface area contributed by atoms with Crippen molar-refractivity contribution in [2.75, 3.05) is 13.2 Å². The molecule has 0 aliphatic carbocycles. The van der Waals surface area contributed by atoms with Crippen LogP contribution in [-0.4, -0.2) is 18.2 Å². The molecule has 0 saturated carbocycles. The number of ether oxygens (including phenoxy) is 2. The van der Waals surface area contributed by atoms with Crippen LogP contribution in [0.15, 0.2) is 10.9 Å². The topological polar surface area (TPSA) is 31.4 Å². The van der Waals surface area contributed by atoms with E-state index in [2.05, 4.69) is 4.98 Å². The summed E-state index contributed by atoms with van der Waals surface area (Å²) in [6.45, 7) is 1.12. The predicted molar refractivity (Wildman–Crippen MR) is 61.4 cm³/mol. The van der Waals surface area contributed by atoms with Gasteiger partial charge < -0.3 is 9.47 Å². The molecule has 0 N–H and O–H groups in total. The molecule has 0 saturated heterocycles. The maximum atomic E-state index is 6.07. The maximum absolute atomic E-state index is 6.07. The van der Waals surface area contributed by atoms with Crippen LogP contribution in [0.4, 0.5) is 0 Å². The van der Waals surface area contributed by atoms with Gasteiger partial charge in [-0.2, -0.15) is 0 Å². The predicted octanol–water partition coefficient (Wildman–Crippen LogP) is 3.30. The zero-order valence-electron chi connectivity index (χ0n) is 7.53. The minimum absolute atomic E-state index is 0.556. The first-order valence-electron chi connectivity index (χ1n) is 4.32. The molecule has 3 rings (SSSR count). The average molecular weight is 260 g/mol. The highest BCUT2D eigenvalue weighted by Gasteiger charge is 2.25. The summed E-state index contributed by atoms with van der Waals surface area (Å²) in [6, 6.07) is 0. The molecule has 15 heavy (non-hydrogen) atoms. The third-order valence-corrected chi connectivity index (χ3v) is 3.98. The summed E-state index contributed by atoms with van der Waals surface area (Å²) in [5.41, 5.74) is 2.69. The van der Waals surface area contributed by atoms with Gasteiger partial charge in [-0.15, -0.1) is 22.7 Å². The van der Waals surface area contributed by atoms with Gasteiger partial charge in [0, 0.05) is 5.38 Å². The molecule has 0 aromatic carbocycles. The number of nitrogens with zero attached hydrogens (tertiary/aromatic N) is 1. The molecule has 6 heteroatoms. The van der Waals surface area contributed by atoms with E-state index in [1.54, 1.807) is 16.8 Å². The molecule has 0 unspecified atom stereocenters. The van der Waals surface area contributed by atoms with Gasteiger partial charge >= 0.3 is 0 Å². The average Bonchev–Trinajstić information content (AvgIpc) is 2.87. The van der Waals surface area contributed by atoms with Crippen LogP contribution in [0.3, 0.4) is 0 Å². The van der Waals surface area contributed by atoms with Crippen molar-refractivity contribution >= 4 is 34.3 Å². The molecule has 3 heterocycles. The van der Waals surface area contributed by atoms with Crippen molar-refractivity contribution < 1.29 is 9.47 Å². The van der Waals surface area contributed by atoms with Crippen LogP contribution < -0.4 is 9.47 Å². The van der Waals surface area contributed by atoms with Gasteiger partial charge in [0.1, 0.15) is 22.4 Å². The van der Waals surface area contributed by atoms with E-state index in [4.69, 9.17) is 21.1 Å². The monoisotopic (exact) mass is 259 g/mol. The highest BCUT2D eigenvalue weighted by atomic mass is 35.5. The van der Waals surface area contributed by atoms with Crippen molar-refractivity contribution in [2.24, 2.45) is 0 Å². The lowest BCUT2D eigenvalue weighted by molar-refractivity contribution is 0.174. The van der Waals surface area contributed by atoms with Gasteiger partial charge in [-0.05, 0) is 0 Å². The van der Waals surface area contributed by atoms with E-state index in [-0.39, 0.29) is 0 Å². The van der Waals surface area contributed by atoms with Crippen LogP contribution in [0.2, 0.25) is 4.34 Å². The van der Waals surface area contributed by atoms with Crippen molar-refractivity contribution in [3.8, 4) is 22.1 Å². The number of rotatable bonds is 1. The van der Waals surface area contributed by atoms with Crippen molar-refractivity contribution in [3.63, 3.8) is 0 Å². The first-order chi connectivity index (χ1) is 7.36. The standard InChI is InChI=1S/C9H6ClNO2S2/c10-9-7-6(12-1-2-13-7)8(15-9)5-3-14-4-11-5/h3-4H,1-2H2. The Balaban J connectivity index is 2.16. The first-order valence-corrected chi connectivity index (χ1v) is 6.46. The fraction of sp³-hybridized carbons (Fsp3) is 0.222. The van der Waals surface area contributed by atoms with Gasteiger partial charge in [0.25, 0.3) is 0 Å². The number of halogens is 1. The van der Waals surface area contributed by atoms with Gasteiger partial charge in [-0.1, -0.05) is 11.6 Å². The molecule has 78 valence electrons. The highest BCUT2D eigenvalue weighted by molar-refractivity contribution is 7.20. The Morgan fingerprint density at radius 2 is 2.07 bits per heavy atom. The summed E-state index contributed by atoms with van der Waals surface area (Å²) < 4.78 is 11.7. The van der Waals surface area contributed by atoms with Gasteiger partial charge in [0.2, 0.25) is 0 Å². The fourth-order valence-corrected chi connectivity index (χ4v) is 3.28. The highest BCUT2D eigenvalue weighted by Crippen LogP contribution is 2.51. The number of thiazole rings is 1. The Kier molecular flexibility index (Phi) is 2.31. The molecule has 2 aromatic rings. The quantitative estimate of drug-likeness (QED) is 0.788. The number of aromatic nitrogens is 1. The molecule has 0 spiro atoms. The Hall–Kier alpha value is -0.780. The van der Waals surface area contributed by atoms with Crippen molar-refractivity contribution in [2.45, 2.75) is 0 Å². The summed E-state index contributed by atoms with van der Waals surface area (Å²) in [6.07, 6.45) is 0. The second kappa shape index (κ2) is 3.66.